The van der Waals surface area contributed by atoms with Crippen molar-refractivity contribution in [2.45, 2.75) is 51.9 Å². The Kier molecular flexibility index (Phi) is 3.72. The van der Waals surface area contributed by atoms with Crippen LogP contribution in [0.3, 0.4) is 0 Å². The van der Waals surface area contributed by atoms with E-state index in [1.165, 1.54) is 35.5 Å². The number of aromatic amines is 1. The van der Waals surface area contributed by atoms with Gasteiger partial charge in [-0.1, -0.05) is 0 Å². The summed E-state index contributed by atoms with van der Waals surface area (Å²) in [5.74, 6) is 0. The summed E-state index contributed by atoms with van der Waals surface area (Å²) in [5, 5.41) is 15.9. The first-order valence-electron chi connectivity index (χ1n) is 8.29. The molecule has 2 aromatic rings. The Labute approximate surface area is 130 Å². The number of hydrogen-bond acceptors (Lipinski definition) is 4. The molecule has 4 rings (SSSR count). The number of nitrogens with zero attached hydrogens (tertiary/aromatic N) is 4. The second kappa shape index (κ2) is 5.85. The molecular weight excluding hydrogens is 276 g/mol. The Morgan fingerprint density at radius 3 is 3.18 bits per heavy atom. The topological polar surface area (TPSA) is 61.8 Å². The van der Waals surface area contributed by atoms with Crippen molar-refractivity contribution in [1.29, 1.82) is 0 Å². The van der Waals surface area contributed by atoms with E-state index in [1.54, 1.807) is 0 Å². The van der Waals surface area contributed by atoms with E-state index in [-0.39, 0.29) is 0 Å². The average Bonchev–Trinajstić information content (AvgIpc) is 3.15. The maximum atomic E-state index is 4.76. The zero-order chi connectivity index (χ0) is 14.9. The standard InChI is InChI=1S/C16H24N6/c1-21(11-16-14-4-2-5-15(14)18-19-16)10-12-8-13-9-17-6-3-7-22(13)20-12/h8,17H,2-7,9-11H2,1H3,(H,18,19). The first kappa shape index (κ1) is 14.0. The van der Waals surface area contributed by atoms with Crippen molar-refractivity contribution in [1.82, 2.24) is 30.2 Å². The van der Waals surface area contributed by atoms with Gasteiger partial charge in [-0.15, -0.1) is 0 Å². The first-order chi connectivity index (χ1) is 10.8. The Morgan fingerprint density at radius 2 is 2.23 bits per heavy atom. The van der Waals surface area contributed by atoms with Gasteiger partial charge in [0.1, 0.15) is 0 Å². The molecule has 2 N–H and O–H groups in total. The molecule has 0 fully saturated rings. The molecule has 6 heteroatoms. The van der Waals surface area contributed by atoms with Gasteiger partial charge in [-0.25, -0.2) is 0 Å². The molecule has 0 atom stereocenters. The van der Waals surface area contributed by atoms with Gasteiger partial charge in [-0.2, -0.15) is 10.2 Å². The maximum absolute atomic E-state index is 4.76. The van der Waals surface area contributed by atoms with Crippen molar-refractivity contribution >= 4 is 0 Å². The molecule has 0 spiro atoms. The third kappa shape index (κ3) is 2.68. The molecule has 0 saturated carbocycles. The van der Waals surface area contributed by atoms with Gasteiger partial charge in [0, 0.05) is 31.9 Å². The normalized spacial score (nSPS) is 17.5. The van der Waals surface area contributed by atoms with Gasteiger partial charge in [-0.3, -0.25) is 14.7 Å². The van der Waals surface area contributed by atoms with E-state index in [4.69, 9.17) is 5.10 Å². The highest BCUT2D eigenvalue weighted by Gasteiger charge is 2.19. The summed E-state index contributed by atoms with van der Waals surface area (Å²) in [5.41, 5.74) is 6.49. The number of hydrogen-bond donors (Lipinski definition) is 2. The van der Waals surface area contributed by atoms with Gasteiger partial charge >= 0.3 is 0 Å². The van der Waals surface area contributed by atoms with Gasteiger partial charge < -0.3 is 5.32 Å². The molecule has 0 bridgehead atoms. The second-order valence-electron chi connectivity index (χ2n) is 6.53. The summed E-state index contributed by atoms with van der Waals surface area (Å²) in [6.45, 7) is 4.82. The van der Waals surface area contributed by atoms with E-state index < -0.39 is 0 Å². The number of aromatic nitrogens is 4. The molecule has 2 aliphatic rings. The lowest BCUT2D eigenvalue weighted by Gasteiger charge is -2.14. The van der Waals surface area contributed by atoms with Crippen molar-refractivity contribution in [3.63, 3.8) is 0 Å². The molecule has 1 aliphatic heterocycles. The monoisotopic (exact) mass is 300 g/mol. The Hall–Kier alpha value is -1.66. The highest BCUT2D eigenvalue weighted by molar-refractivity contribution is 5.29. The van der Waals surface area contributed by atoms with E-state index >= 15 is 0 Å². The van der Waals surface area contributed by atoms with Crippen LogP contribution >= 0.6 is 0 Å². The largest absolute Gasteiger partial charge is 0.311 e. The molecule has 3 heterocycles. The van der Waals surface area contributed by atoms with Gasteiger partial charge in [-0.05, 0) is 50.9 Å². The van der Waals surface area contributed by atoms with E-state index in [0.717, 1.165) is 51.3 Å². The molecule has 0 aromatic carbocycles. The minimum absolute atomic E-state index is 0.877. The molecule has 2 aromatic heterocycles. The van der Waals surface area contributed by atoms with Crippen molar-refractivity contribution in [3.8, 4) is 0 Å². The fourth-order valence-electron chi connectivity index (χ4n) is 3.61. The number of fused-ring (bicyclic) bond motifs is 2. The van der Waals surface area contributed by atoms with Crippen molar-refractivity contribution < 1.29 is 0 Å². The van der Waals surface area contributed by atoms with Crippen LogP contribution < -0.4 is 5.32 Å². The van der Waals surface area contributed by atoms with Gasteiger partial charge in [0.15, 0.2) is 0 Å². The smallest absolute Gasteiger partial charge is 0.0797 e. The predicted octanol–water partition coefficient (Wildman–Crippen LogP) is 1.22. The van der Waals surface area contributed by atoms with E-state index in [1.807, 2.05) is 0 Å². The summed E-state index contributed by atoms with van der Waals surface area (Å²) in [6.07, 6.45) is 4.76. The van der Waals surface area contributed by atoms with E-state index in [9.17, 15) is 0 Å². The summed E-state index contributed by atoms with van der Waals surface area (Å²) < 4.78 is 2.16. The maximum Gasteiger partial charge on any atom is 0.0797 e. The van der Waals surface area contributed by atoms with Crippen molar-refractivity contribution in [3.05, 3.63) is 34.4 Å². The number of rotatable bonds is 4. The third-order valence-corrected chi connectivity index (χ3v) is 4.69. The lowest BCUT2D eigenvalue weighted by Crippen LogP contribution is -2.19. The number of aryl methyl sites for hydroxylation is 2. The molecule has 118 valence electrons. The Morgan fingerprint density at radius 1 is 1.27 bits per heavy atom. The highest BCUT2D eigenvalue weighted by atomic mass is 15.3. The van der Waals surface area contributed by atoms with Crippen LogP contribution in [-0.2, 0) is 39.0 Å². The summed E-state index contributed by atoms with van der Waals surface area (Å²) >= 11 is 0. The van der Waals surface area contributed by atoms with Crippen LogP contribution in [0.2, 0.25) is 0 Å². The van der Waals surface area contributed by atoms with Crippen LogP contribution in [0.15, 0.2) is 6.07 Å². The fourth-order valence-corrected chi connectivity index (χ4v) is 3.61. The van der Waals surface area contributed by atoms with E-state index in [2.05, 4.69) is 38.2 Å². The lowest BCUT2D eigenvalue weighted by molar-refractivity contribution is 0.308. The molecule has 22 heavy (non-hydrogen) atoms. The van der Waals surface area contributed by atoms with E-state index in [0.29, 0.717) is 0 Å². The summed E-state index contributed by atoms with van der Waals surface area (Å²) in [7, 11) is 2.15. The molecule has 0 radical (unpaired) electrons. The van der Waals surface area contributed by atoms with Gasteiger partial charge in [0.05, 0.1) is 17.1 Å². The fraction of sp³-hybridized carbons (Fsp3) is 0.625. The summed E-state index contributed by atoms with van der Waals surface area (Å²) in [6, 6.07) is 2.24. The third-order valence-electron chi connectivity index (χ3n) is 4.69. The molecular formula is C16H24N6. The van der Waals surface area contributed by atoms with Crippen LogP contribution in [0.5, 0.6) is 0 Å². The van der Waals surface area contributed by atoms with Crippen LogP contribution in [0.25, 0.3) is 0 Å². The average molecular weight is 300 g/mol. The number of nitrogens with one attached hydrogen (secondary N) is 2. The molecule has 0 unspecified atom stereocenters. The number of H-pyrrole nitrogens is 1. The highest BCUT2D eigenvalue weighted by Crippen LogP contribution is 2.23. The van der Waals surface area contributed by atoms with Crippen LogP contribution in [0.1, 0.15) is 41.2 Å². The summed E-state index contributed by atoms with van der Waals surface area (Å²) in [4.78, 5) is 2.31. The minimum Gasteiger partial charge on any atom is -0.311 e. The lowest BCUT2D eigenvalue weighted by atomic mass is 10.2. The van der Waals surface area contributed by atoms with Gasteiger partial charge in [0.2, 0.25) is 0 Å². The SMILES string of the molecule is CN(Cc1cc2n(n1)CCCNC2)Cc1n[nH]c2c1CCC2. The van der Waals surface area contributed by atoms with Crippen LogP contribution in [0, 0.1) is 0 Å². The molecule has 0 amide bonds. The molecule has 1 aliphatic carbocycles. The molecule has 6 nitrogen and oxygen atoms in total. The Bertz CT molecular complexity index is 632. The zero-order valence-electron chi connectivity index (χ0n) is 13.2. The Balaban J connectivity index is 1.42. The molecule has 0 saturated heterocycles. The second-order valence-corrected chi connectivity index (χ2v) is 6.53. The van der Waals surface area contributed by atoms with Crippen LogP contribution in [0.4, 0.5) is 0 Å². The minimum atomic E-state index is 0.877. The van der Waals surface area contributed by atoms with Crippen LogP contribution in [-0.4, -0.2) is 38.5 Å². The van der Waals surface area contributed by atoms with Gasteiger partial charge in [0.25, 0.3) is 0 Å². The van der Waals surface area contributed by atoms with Crippen molar-refractivity contribution in [2.75, 3.05) is 13.6 Å². The zero-order valence-corrected chi connectivity index (χ0v) is 13.2. The predicted molar refractivity (Wildman–Crippen MR) is 84.3 cm³/mol. The van der Waals surface area contributed by atoms with Crippen molar-refractivity contribution in [2.24, 2.45) is 0 Å². The first-order valence-corrected chi connectivity index (χ1v) is 8.29. The quantitative estimate of drug-likeness (QED) is 0.891.